The second-order valence-corrected chi connectivity index (χ2v) is 7.66. The maximum absolute atomic E-state index is 6.86. The van der Waals surface area contributed by atoms with Crippen LogP contribution in [0.15, 0.2) is 0 Å². The quantitative estimate of drug-likeness (QED) is 0.204. The van der Waals surface area contributed by atoms with E-state index in [2.05, 4.69) is 39.2 Å². The molecule has 0 aromatic carbocycles. The molecule has 8 saturated heterocycles. The average Bonchev–Trinajstić information content (AvgIpc) is 2.81. The van der Waals surface area contributed by atoms with Crippen LogP contribution in [0.5, 0.6) is 0 Å². The molecule has 1 radical (unpaired) electrons. The van der Waals surface area contributed by atoms with Crippen LogP contribution in [0.25, 0.3) is 65.6 Å². The first-order valence-corrected chi connectivity index (χ1v) is 10.1. The Morgan fingerprint density at radius 3 is 0.400 bits per heavy atom. The van der Waals surface area contributed by atoms with Crippen molar-refractivity contribution in [1.82, 2.24) is 39.2 Å². The van der Waals surface area contributed by atoms with Crippen LogP contribution in [0.4, 0.5) is 0 Å². The number of hydrogen-bond acceptors (Lipinski definition) is 14. The Hall–Kier alpha value is -3.96. The van der Waals surface area contributed by atoms with Crippen LogP contribution in [0.3, 0.4) is 0 Å². The van der Waals surface area contributed by atoms with E-state index < -0.39 is 0 Å². The Bertz CT molecular complexity index is 631. The van der Waals surface area contributed by atoms with E-state index in [4.69, 9.17) is 67.4 Å². The molecule has 0 unspecified atom stereocenters. The molecular formula is C12H30Cu2N26+. The summed E-state index contributed by atoms with van der Waals surface area (Å²) in [5, 5.41) is 51.7. The summed E-state index contributed by atoms with van der Waals surface area (Å²) in [4.78, 5) is 19.8. The molecule has 26 nitrogen and oxygen atoms in total. The van der Waals surface area contributed by atoms with E-state index in [-0.39, 0.29) is 34.1 Å². The molecule has 8 heterocycles. The Balaban J connectivity index is -0.000000202. The van der Waals surface area contributed by atoms with Crippen LogP contribution in [0, 0.1) is 32.4 Å². The molecule has 0 aromatic heterocycles. The summed E-state index contributed by atoms with van der Waals surface area (Å²) in [5.41, 5.74) is 0. The summed E-state index contributed by atoms with van der Waals surface area (Å²) in [6.07, 6.45) is 0. The Kier molecular flexibility index (Phi) is 30.2. The molecule has 8 rings (SSSR count). The maximum Gasteiger partial charge on any atom is 1.00 e. The zero-order valence-corrected chi connectivity index (χ0v) is 22.9. The Morgan fingerprint density at radius 2 is 0.350 bits per heavy atom. The SMILES string of the molecule is C1N2CN3CN1CN(C2)C3.C1N2CN3CN1CN(C2)C3.N#[N+][NH-].N#[N+][NH-].N#[N+][NH-].N#[N+][NH-].N#[N+][NH-].N#[N+][NH-].[Cu+].[Cu]. The molecule has 0 amide bonds. The molecule has 0 aliphatic carbocycles. The van der Waals surface area contributed by atoms with Gasteiger partial charge in [-0.2, -0.15) is 0 Å². The van der Waals surface area contributed by atoms with E-state index in [1.165, 1.54) is 80.0 Å². The third-order valence-electron chi connectivity index (χ3n) is 4.80. The van der Waals surface area contributed by atoms with Crippen LogP contribution in [-0.2, 0) is 34.1 Å². The fourth-order valence-electron chi connectivity index (χ4n) is 4.47. The summed E-state index contributed by atoms with van der Waals surface area (Å²) >= 11 is 0. The van der Waals surface area contributed by atoms with Crippen LogP contribution in [-0.4, -0.2) is 119 Å². The van der Waals surface area contributed by atoms with Crippen molar-refractivity contribution >= 4 is 0 Å². The topological polar surface area (TPSA) is 338 Å². The van der Waals surface area contributed by atoms with E-state index in [0.29, 0.717) is 0 Å². The minimum Gasteiger partial charge on any atom is -0.264 e. The molecule has 8 aliphatic rings. The van der Waals surface area contributed by atoms with Gasteiger partial charge in [-0.1, -0.05) is 35.1 Å². The van der Waals surface area contributed by atoms with Gasteiger partial charge in [0, 0.05) is 17.1 Å². The van der Waals surface area contributed by atoms with Gasteiger partial charge >= 0.3 is 17.1 Å². The van der Waals surface area contributed by atoms with Crippen LogP contribution < -0.4 is 0 Å². The molecule has 8 bridgehead atoms. The minimum absolute atomic E-state index is 0. The van der Waals surface area contributed by atoms with E-state index in [0.717, 1.165) is 0 Å². The number of nitrogens with one attached hydrogen (secondary N) is 6. The van der Waals surface area contributed by atoms with Gasteiger partial charge in [0.1, 0.15) is 0 Å². The fourth-order valence-corrected chi connectivity index (χ4v) is 4.47. The van der Waals surface area contributed by atoms with E-state index in [1.54, 1.807) is 30.5 Å². The van der Waals surface area contributed by atoms with Gasteiger partial charge in [0.05, 0.1) is 111 Å². The molecule has 8 fully saturated rings. The summed E-state index contributed by atoms with van der Waals surface area (Å²) in [7, 11) is 0. The number of rotatable bonds is 0. The monoisotopic (exact) mass is 664 g/mol. The van der Waals surface area contributed by atoms with E-state index in [1.807, 2.05) is 0 Å². The predicted molar refractivity (Wildman–Crippen MR) is 130 cm³/mol. The number of nitrogens with zero attached hydrogens (tertiary/aromatic N) is 20. The van der Waals surface area contributed by atoms with Crippen molar-refractivity contribution in [2.75, 3.05) is 80.0 Å². The minimum atomic E-state index is 0. The first-order valence-electron chi connectivity index (χ1n) is 10.1. The summed E-state index contributed by atoms with van der Waals surface area (Å²) in [5.74, 6) is 32.3. The second-order valence-electron chi connectivity index (χ2n) is 7.66. The largest absolute Gasteiger partial charge is 1.00 e. The van der Waals surface area contributed by atoms with Crippen molar-refractivity contribution in [3.63, 3.8) is 0 Å². The maximum atomic E-state index is 6.86. The first-order chi connectivity index (χ1) is 18.3. The van der Waals surface area contributed by atoms with Crippen molar-refractivity contribution in [2.24, 2.45) is 0 Å². The zero-order valence-electron chi connectivity index (χ0n) is 21.0. The molecule has 28 heteroatoms. The summed E-state index contributed by atoms with van der Waals surface area (Å²) < 4.78 is 0. The average molecular weight is 666 g/mol. The molecule has 0 atom stereocenters. The number of hydrogen-bond donors (Lipinski definition) is 0. The first kappa shape index (κ1) is 43.1. The van der Waals surface area contributed by atoms with Crippen LogP contribution in [0.2, 0.25) is 0 Å². The normalized spacial score (nSPS) is 29.9. The molecular weight excluding hydrogens is 635 g/mol. The Labute approximate surface area is 251 Å². The van der Waals surface area contributed by atoms with Crippen molar-refractivity contribution in [2.45, 2.75) is 0 Å². The van der Waals surface area contributed by atoms with Crippen molar-refractivity contribution in [3.8, 4) is 0 Å². The van der Waals surface area contributed by atoms with Crippen molar-refractivity contribution in [3.05, 3.63) is 65.6 Å². The van der Waals surface area contributed by atoms with Gasteiger partial charge < -0.3 is 0 Å². The van der Waals surface area contributed by atoms with Crippen molar-refractivity contribution < 1.29 is 34.1 Å². The molecule has 0 saturated carbocycles. The summed E-state index contributed by atoms with van der Waals surface area (Å²) in [6, 6.07) is 0. The van der Waals surface area contributed by atoms with Gasteiger partial charge in [0.2, 0.25) is 0 Å². The molecule has 8 aliphatic heterocycles. The Morgan fingerprint density at radius 1 is 0.300 bits per heavy atom. The standard InChI is InChI=1S/2C6H12N4.2Cu.6HN3/c2*1-7-2-9-4-8(1)5-10(3-7)6-9;;;6*1-3-2/h2*1-6H2;;;6*1H/q;;;+1;;;;;;. The van der Waals surface area contributed by atoms with Gasteiger partial charge in [0.25, 0.3) is 0 Å². The molecule has 40 heavy (non-hydrogen) atoms. The van der Waals surface area contributed by atoms with Crippen molar-refractivity contribution in [1.29, 1.82) is 32.4 Å². The summed E-state index contributed by atoms with van der Waals surface area (Å²) in [6.45, 7) is 14.2. The molecule has 0 aromatic rings. The van der Waals surface area contributed by atoms with Gasteiger partial charge in [-0.25, -0.2) is 0 Å². The van der Waals surface area contributed by atoms with Gasteiger partial charge in [-0.15, -0.1) is 32.4 Å². The molecule has 6 N–H and O–H groups in total. The third kappa shape index (κ3) is 19.2. The molecule has 0 spiro atoms. The van der Waals surface area contributed by atoms with Crippen LogP contribution in [0.1, 0.15) is 0 Å². The fraction of sp³-hybridized carbons (Fsp3) is 1.00. The van der Waals surface area contributed by atoms with Gasteiger partial charge in [0.15, 0.2) is 0 Å². The van der Waals surface area contributed by atoms with Gasteiger partial charge in [-0.3, -0.25) is 39.2 Å². The smallest absolute Gasteiger partial charge is 0.264 e. The third-order valence-corrected chi connectivity index (χ3v) is 4.80. The van der Waals surface area contributed by atoms with E-state index in [9.17, 15) is 0 Å². The van der Waals surface area contributed by atoms with Crippen LogP contribution >= 0.6 is 0 Å². The van der Waals surface area contributed by atoms with E-state index >= 15 is 0 Å². The predicted octanol–water partition coefficient (Wildman–Crippen LogP) is 2.80. The molecule has 229 valence electrons. The second kappa shape index (κ2) is 28.1. The zero-order chi connectivity index (χ0) is 29.3. The van der Waals surface area contributed by atoms with Gasteiger partial charge in [-0.05, 0) is 0 Å². The number of diazo groups is 6.